The van der Waals surface area contributed by atoms with Crippen molar-refractivity contribution in [1.82, 2.24) is 0 Å². The fourth-order valence-corrected chi connectivity index (χ4v) is 8.12. The van der Waals surface area contributed by atoms with Gasteiger partial charge in [0.2, 0.25) is 0 Å². The van der Waals surface area contributed by atoms with Crippen LogP contribution in [0.15, 0.2) is 174 Å². The zero-order chi connectivity index (χ0) is 47.5. The van der Waals surface area contributed by atoms with Gasteiger partial charge in [-0.05, 0) is 166 Å². The minimum absolute atomic E-state index is 0.360. The Bertz CT molecular complexity index is 2350. The highest BCUT2D eigenvalue weighted by Crippen LogP contribution is 2.44. The molecule has 3 fully saturated rings. The summed E-state index contributed by atoms with van der Waals surface area (Å²) in [6.07, 6.45) is 0. The normalized spacial score (nSPS) is 19.3. The maximum absolute atomic E-state index is 6.36. The van der Waals surface area contributed by atoms with Gasteiger partial charge in [0.15, 0.2) is 0 Å². The predicted octanol–water partition coefficient (Wildman–Crippen LogP) is 13.6. The first-order chi connectivity index (χ1) is 31.1. The third kappa shape index (κ3) is 10.6. The number of nitrogens with zero attached hydrogens (tertiary/aromatic N) is 2. The summed E-state index contributed by atoms with van der Waals surface area (Å²) in [5, 5.41) is 0. The molecule has 3 aliphatic heterocycles. The summed E-state index contributed by atoms with van der Waals surface area (Å²) in [7, 11) is -1.37. The van der Waals surface area contributed by atoms with Gasteiger partial charge in [-0.1, -0.05) is 103 Å². The highest BCUT2D eigenvalue weighted by atomic mass is 79.9. The van der Waals surface area contributed by atoms with E-state index in [4.69, 9.17) is 27.9 Å². The second kappa shape index (κ2) is 19.5. The lowest BCUT2D eigenvalue weighted by Crippen LogP contribution is -2.41. The van der Waals surface area contributed by atoms with Crippen LogP contribution in [0.3, 0.4) is 0 Å². The van der Waals surface area contributed by atoms with Crippen molar-refractivity contribution in [3.05, 3.63) is 174 Å². The summed E-state index contributed by atoms with van der Waals surface area (Å²) in [6.45, 7) is 24.5. The van der Waals surface area contributed by atoms with Gasteiger partial charge < -0.3 is 37.7 Å². The number of hydrogen-bond acceptors (Lipinski definition) is 8. The molecule has 6 aromatic rings. The van der Waals surface area contributed by atoms with Gasteiger partial charge in [-0.3, -0.25) is 0 Å². The molecule has 0 aromatic heterocycles. The molecule has 0 bridgehead atoms. The molecule has 9 rings (SSSR count). The first-order valence-electron chi connectivity index (χ1n) is 22.8. The summed E-state index contributed by atoms with van der Waals surface area (Å²) >= 11 is 3.65. The molecule has 0 N–H and O–H groups in total. The van der Waals surface area contributed by atoms with Crippen molar-refractivity contribution in [3.8, 4) is 0 Å². The predicted molar refractivity (Wildman–Crippen MR) is 278 cm³/mol. The van der Waals surface area contributed by atoms with Crippen LogP contribution in [0.2, 0.25) is 0 Å². The number of anilines is 6. The van der Waals surface area contributed by atoms with Crippen LogP contribution in [0.1, 0.15) is 83.1 Å². The van der Waals surface area contributed by atoms with Crippen LogP contribution >= 0.6 is 15.9 Å². The van der Waals surface area contributed by atoms with Crippen molar-refractivity contribution >= 4 is 76.7 Å². The quantitative estimate of drug-likeness (QED) is 0.140. The summed E-state index contributed by atoms with van der Waals surface area (Å²) in [5.41, 5.74) is 5.48. The van der Waals surface area contributed by atoms with Crippen molar-refractivity contribution in [1.29, 1.82) is 0 Å². The van der Waals surface area contributed by atoms with Gasteiger partial charge >= 0.3 is 21.1 Å². The number of halogens is 1. The van der Waals surface area contributed by atoms with Gasteiger partial charge in [-0.15, -0.1) is 0 Å². The molecule has 0 amide bonds. The number of hydrogen-bond donors (Lipinski definition) is 0. The fourth-order valence-electron chi connectivity index (χ4n) is 7.66. The molecule has 0 spiro atoms. The SMILES string of the molecule is Brc1ccccc1N(c1ccccc1)c1ccccc1.CC1(C)OB(B2OC(C)(C)C(C)(C)O2)OC1(C)C.CC1(C)OB(c2ccccc2N(c2ccccc2)c2ccccc2)OC1(C)C. The number of rotatable bonds is 8. The van der Waals surface area contributed by atoms with E-state index in [-0.39, 0.29) is 33.6 Å². The Labute approximate surface area is 403 Å². The molecule has 0 radical (unpaired) electrons. The molecular weight excluding hydrogens is 885 g/mol. The Morgan fingerprint density at radius 2 is 0.576 bits per heavy atom. The lowest BCUT2D eigenvalue weighted by molar-refractivity contribution is 0.00578. The van der Waals surface area contributed by atoms with Crippen molar-refractivity contribution in [2.24, 2.45) is 0 Å². The third-order valence-corrected chi connectivity index (χ3v) is 14.3. The minimum atomic E-state index is -0.476. The molecule has 3 heterocycles. The molecule has 3 aliphatic rings. The molecule has 6 aromatic carbocycles. The standard InChI is InChI=1S/C24H26BNO2.C18H14BrN.C12H24B2O4/c1-23(2)24(3,4)28-25(27-23)21-17-11-12-18-22(21)26(19-13-7-5-8-14-19)20-15-9-6-10-16-20;19-17-13-7-8-14-18(17)20(15-9-3-1-4-10-15)16-11-5-2-6-12-16;1-9(2)10(3,4)16-13(15-9)14-17-11(5,6)12(7,8)18-14/h5-18H,1-4H3;1-14H;1-8H3. The number of para-hydroxylation sites is 6. The lowest BCUT2D eigenvalue weighted by Gasteiger charge is -2.32. The largest absolute Gasteiger partial charge is 0.496 e. The van der Waals surface area contributed by atoms with E-state index in [1.165, 1.54) is 0 Å². The first kappa shape index (κ1) is 49.3. The van der Waals surface area contributed by atoms with Gasteiger partial charge in [0.05, 0.1) is 39.3 Å². The minimum Gasteiger partial charge on any atom is -0.405 e. The van der Waals surface area contributed by atoms with Crippen molar-refractivity contribution < 1.29 is 27.9 Å². The molecule has 0 saturated carbocycles. The Kier molecular flexibility index (Phi) is 14.6. The van der Waals surface area contributed by atoms with Crippen molar-refractivity contribution in [3.63, 3.8) is 0 Å². The van der Waals surface area contributed by atoms with Gasteiger partial charge in [-0.2, -0.15) is 0 Å². The Morgan fingerprint density at radius 3 is 0.909 bits per heavy atom. The molecular formula is C54H64B3BrN2O6. The zero-order valence-corrected chi connectivity index (χ0v) is 42.2. The highest BCUT2D eigenvalue weighted by Gasteiger charge is 2.63. The van der Waals surface area contributed by atoms with E-state index in [9.17, 15) is 0 Å². The molecule has 66 heavy (non-hydrogen) atoms. The molecule has 12 heteroatoms. The maximum Gasteiger partial charge on any atom is 0.496 e. The monoisotopic (exact) mass is 948 g/mol. The smallest absolute Gasteiger partial charge is 0.405 e. The highest BCUT2D eigenvalue weighted by molar-refractivity contribution is 9.10. The second-order valence-corrected chi connectivity index (χ2v) is 20.7. The molecule has 3 saturated heterocycles. The molecule has 0 aliphatic carbocycles. The Morgan fingerprint density at radius 1 is 0.318 bits per heavy atom. The van der Waals surface area contributed by atoms with E-state index in [0.717, 1.165) is 44.1 Å². The summed E-state index contributed by atoms with van der Waals surface area (Å²) < 4.78 is 37.7. The van der Waals surface area contributed by atoms with Crippen molar-refractivity contribution in [2.45, 2.75) is 117 Å². The van der Waals surface area contributed by atoms with Crippen LogP contribution in [-0.2, 0) is 27.9 Å². The van der Waals surface area contributed by atoms with E-state index in [1.807, 2.05) is 91.8 Å². The summed E-state index contributed by atoms with van der Waals surface area (Å²) in [6, 6.07) is 58.1. The maximum atomic E-state index is 6.36. The van der Waals surface area contributed by atoms with E-state index in [1.54, 1.807) is 0 Å². The van der Waals surface area contributed by atoms with E-state index < -0.39 is 21.1 Å². The molecule has 8 nitrogen and oxygen atoms in total. The van der Waals surface area contributed by atoms with E-state index >= 15 is 0 Å². The van der Waals surface area contributed by atoms with Crippen LogP contribution in [-0.4, -0.2) is 54.7 Å². The van der Waals surface area contributed by atoms with Crippen LogP contribution < -0.4 is 15.3 Å². The van der Waals surface area contributed by atoms with Crippen LogP contribution in [0.4, 0.5) is 34.1 Å². The molecule has 342 valence electrons. The zero-order valence-electron chi connectivity index (χ0n) is 40.6. The topological polar surface area (TPSA) is 61.9 Å². The average molecular weight is 949 g/mol. The van der Waals surface area contributed by atoms with Gasteiger partial charge in [0, 0.05) is 38.4 Å². The second-order valence-electron chi connectivity index (χ2n) is 19.9. The van der Waals surface area contributed by atoms with Gasteiger partial charge in [-0.25, -0.2) is 0 Å². The Balaban J connectivity index is 0.000000152. The van der Waals surface area contributed by atoms with Gasteiger partial charge in [0.25, 0.3) is 0 Å². The summed E-state index contributed by atoms with van der Waals surface area (Å²) in [4.78, 5) is 4.49. The summed E-state index contributed by atoms with van der Waals surface area (Å²) in [5.74, 6) is 0. The average Bonchev–Trinajstić information content (AvgIpc) is 3.76. The van der Waals surface area contributed by atoms with Crippen molar-refractivity contribution in [2.75, 3.05) is 9.80 Å². The Hall–Kier alpha value is -4.65. The van der Waals surface area contributed by atoms with E-state index in [0.29, 0.717) is 0 Å². The lowest BCUT2D eigenvalue weighted by atomic mass is 9.49. The number of benzene rings is 6. The van der Waals surface area contributed by atoms with Crippen LogP contribution in [0.25, 0.3) is 0 Å². The first-order valence-corrected chi connectivity index (χ1v) is 23.6. The molecule has 0 atom stereocenters. The van der Waals surface area contributed by atoms with E-state index in [2.05, 4.69) is 187 Å². The molecule has 0 unspecified atom stereocenters. The van der Waals surface area contributed by atoms with Gasteiger partial charge in [0.1, 0.15) is 0 Å². The third-order valence-electron chi connectivity index (χ3n) is 13.6. The fraction of sp³-hybridized carbons (Fsp3) is 0.333. The van der Waals surface area contributed by atoms with Crippen LogP contribution in [0, 0.1) is 0 Å². The van der Waals surface area contributed by atoms with Crippen LogP contribution in [0.5, 0.6) is 0 Å².